The van der Waals surface area contributed by atoms with Gasteiger partial charge in [0.05, 0.1) is 10.4 Å². The summed E-state index contributed by atoms with van der Waals surface area (Å²) in [4.78, 5) is 3.63. The molecule has 1 atom stereocenters. The van der Waals surface area contributed by atoms with Gasteiger partial charge in [-0.1, -0.05) is 6.92 Å². The Hall–Kier alpha value is -0.870. The highest BCUT2D eigenvalue weighted by Crippen LogP contribution is 2.30. The number of rotatable bonds is 5. The van der Waals surface area contributed by atoms with E-state index in [1.165, 1.54) is 0 Å². The molecule has 0 bridgehead atoms. The van der Waals surface area contributed by atoms with E-state index in [1.54, 1.807) is 6.92 Å². The van der Waals surface area contributed by atoms with Gasteiger partial charge >= 0.3 is 15.6 Å². The highest BCUT2D eigenvalue weighted by atomic mass is 32.2. The van der Waals surface area contributed by atoms with E-state index < -0.39 is 21.5 Å². The number of aromatic nitrogens is 1. The van der Waals surface area contributed by atoms with Crippen LogP contribution in [-0.4, -0.2) is 30.6 Å². The maximum atomic E-state index is 12.0. The third kappa shape index (κ3) is 3.56. The van der Waals surface area contributed by atoms with Gasteiger partial charge in [0, 0.05) is 12.5 Å². The summed E-state index contributed by atoms with van der Waals surface area (Å²) in [6.45, 7) is 1.61. The summed E-state index contributed by atoms with van der Waals surface area (Å²) in [6, 6.07) is 0. The Kier molecular flexibility index (Phi) is 4.56. The molecule has 0 amide bonds. The van der Waals surface area contributed by atoms with E-state index >= 15 is 0 Å². The van der Waals surface area contributed by atoms with Crippen molar-refractivity contribution >= 4 is 21.5 Å². The second-order valence-corrected chi connectivity index (χ2v) is 5.85. The number of hydrogen-bond acceptors (Lipinski definition) is 6. The normalized spacial score (nSPS) is 14.5. The third-order valence-corrected chi connectivity index (χ3v) is 3.97. The van der Waals surface area contributed by atoms with Gasteiger partial charge in [0.1, 0.15) is 0 Å². The van der Waals surface area contributed by atoms with Crippen LogP contribution in [0.15, 0.2) is 5.38 Å². The standard InChI is InChI=1S/C8H10F3NO4S2/c1-5(2-3-13)7-12-6(4-17-7)16-18(14,15)8(9,10)11/h4-5,13H,2-3H2,1H3/t5-/m0/s1. The minimum Gasteiger partial charge on any atom is -0.396 e. The van der Waals surface area contributed by atoms with Crippen LogP contribution in [0.4, 0.5) is 13.2 Å². The van der Waals surface area contributed by atoms with Gasteiger partial charge in [-0.3, -0.25) is 0 Å². The summed E-state index contributed by atoms with van der Waals surface area (Å²) >= 11 is 0.970. The quantitative estimate of drug-likeness (QED) is 0.663. The van der Waals surface area contributed by atoms with Crippen molar-refractivity contribution in [3.63, 3.8) is 0 Å². The fraction of sp³-hybridized carbons (Fsp3) is 0.625. The number of alkyl halides is 3. The zero-order valence-electron chi connectivity index (χ0n) is 9.14. The summed E-state index contributed by atoms with van der Waals surface area (Å²) < 4.78 is 61.4. The van der Waals surface area contributed by atoms with E-state index in [-0.39, 0.29) is 12.5 Å². The number of hydrogen-bond donors (Lipinski definition) is 1. The molecular weight excluding hydrogens is 295 g/mol. The molecule has 1 rings (SSSR count). The summed E-state index contributed by atoms with van der Waals surface area (Å²) in [7, 11) is -5.68. The first-order chi connectivity index (χ1) is 8.17. The molecule has 5 nitrogen and oxygen atoms in total. The number of halogens is 3. The number of aliphatic hydroxyl groups excluding tert-OH is 1. The zero-order chi connectivity index (χ0) is 14.0. The molecule has 1 aromatic heterocycles. The maximum absolute atomic E-state index is 12.0. The van der Waals surface area contributed by atoms with Crippen molar-refractivity contribution in [2.24, 2.45) is 0 Å². The molecule has 0 aliphatic heterocycles. The van der Waals surface area contributed by atoms with Crippen LogP contribution in [0.1, 0.15) is 24.3 Å². The van der Waals surface area contributed by atoms with Crippen molar-refractivity contribution in [1.29, 1.82) is 0 Å². The average molecular weight is 305 g/mol. The van der Waals surface area contributed by atoms with Crippen LogP contribution in [-0.2, 0) is 10.1 Å². The largest absolute Gasteiger partial charge is 0.534 e. The molecule has 0 aliphatic carbocycles. The predicted molar refractivity (Wildman–Crippen MR) is 57.8 cm³/mol. The maximum Gasteiger partial charge on any atom is 0.534 e. The van der Waals surface area contributed by atoms with Gasteiger partial charge < -0.3 is 9.29 Å². The molecule has 0 aromatic carbocycles. The van der Waals surface area contributed by atoms with Crippen molar-refractivity contribution in [1.82, 2.24) is 4.98 Å². The molecule has 1 aromatic rings. The lowest BCUT2D eigenvalue weighted by Gasteiger charge is -2.07. The van der Waals surface area contributed by atoms with Crippen molar-refractivity contribution in [3.05, 3.63) is 10.4 Å². The Labute approximate surface area is 105 Å². The fourth-order valence-corrected chi connectivity index (χ4v) is 2.29. The summed E-state index contributed by atoms with van der Waals surface area (Å²) in [5, 5.41) is 10.2. The molecule has 104 valence electrons. The first kappa shape index (κ1) is 15.2. The minimum atomic E-state index is -5.68. The monoisotopic (exact) mass is 305 g/mol. The molecule has 1 heterocycles. The van der Waals surface area contributed by atoms with Crippen LogP contribution in [0.2, 0.25) is 0 Å². The van der Waals surface area contributed by atoms with Crippen molar-refractivity contribution in [3.8, 4) is 5.88 Å². The predicted octanol–water partition coefficient (Wildman–Crippen LogP) is 1.86. The Bertz CT molecular complexity index is 497. The Balaban J connectivity index is 2.83. The second-order valence-electron chi connectivity index (χ2n) is 3.42. The van der Waals surface area contributed by atoms with E-state index in [0.29, 0.717) is 11.4 Å². The Morgan fingerprint density at radius 1 is 1.56 bits per heavy atom. The molecule has 0 unspecified atom stereocenters. The van der Waals surface area contributed by atoms with Crippen LogP contribution in [0.3, 0.4) is 0 Å². The van der Waals surface area contributed by atoms with E-state index in [9.17, 15) is 21.6 Å². The molecular formula is C8H10F3NO4S2. The van der Waals surface area contributed by atoms with Crippen LogP contribution < -0.4 is 4.18 Å². The number of thiazole rings is 1. The van der Waals surface area contributed by atoms with Gasteiger partial charge in [-0.05, 0) is 6.42 Å². The Morgan fingerprint density at radius 2 is 2.17 bits per heavy atom. The smallest absolute Gasteiger partial charge is 0.396 e. The number of aliphatic hydroxyl groups is 1. The average Bonchev–Trinajstić information content (AvgIpc) is 2.64. The van der Waals surface area contributed by atoms with E-state index in [0.717, 1.165) is 16.7 Å². The molecule has 10 heteroatoms. The van der Waals surface area contributed by atoms with Crippen molar-refractivity contribution in [2.45, 2.75) is 24.8 Å². The van der Waals surface area contributed by atoms with Gasteiger partial charge in [-0.2, -0.15) is 21.6 Å². The highest BCUT2D eigenvalue weighted by molar-refractivity contribution is 7.88. The molecule has 0 spiro atoms. The fourth-order valence-electron chi connectivity index (χ4n) is 1.01. The highest BCUT2D eigenvalue weighted by Gasteiger charge is 2.49. The van der Waals surface area contributed by atoms with Crippen molar-refractivity contribution in [2.75, 3.05) is 6.61 Å². The molecule has 0 saturated carbocycles. The zero-order valence-corrected chi connectivity index (χ0v) is 10.8. The van der Waals surface area contributed by atoms with Crippen molar-refractivity contribution < 1.29 is 30.9 Å². The first-order valence-corrected chi connectivity index (χ1v) is 7.03. The summed E-state index contributed by atoms with van der Waals surface area (Å²) in [6.07, 6.45) is 0.374. The first-order valence-electron chi connectivity index (χ1n) is 4.74. The molecule has 0 radical (unpaired) electrons. The molecule has 0 aliphatic rings. The summed E-state index contributed by atoms with van der Waals surface area (Å²) in [5.74, 6) is -0.803. The van der Waals surface area contributed by atoms with Gasteiger partial charge in [-0.15, -0.1) is 11.3 Å². The lowest BCUT2D eigenvalue weighted by Crippen LogP contribution is -2.28. The van der Waals surface area contributed by atoms with E-state index in [1.807, 2.05) is 0 Å². The molecule has 1 N–H and O–H groups in total. The topological polar surface area (TPSA) is 76.5 Å². The Morgan fingerprint density at radius 3 is 2.67 bits per heavy atom. The second kappa shape index (κ2) is 5.41. The van der Waals surface area contributed by atoms with Crippen LogP contribution in [0.25, 0.3) is 0 Å². The molecule has 0 saturated heterocycles. The lowest BCUT2D eigenvalue weighted by molar-refractivity contribution is -0.0501. The number of nitrogens with zero attached hydrogens (tertiary/aromatic N) is 1. The van der Waals surface area contributed by atoms with Gasteiger partial charge in [0.15, 0.2) is 0 Å². The lowest BCUT2D eigenvalue weighted by atomic mass is 10.1. The SMILES string of the molecule is C[C@@H](CCO)c1nc(OS(=O)(=O)C(F)(F)F)cs1. The van der Waals surface area contributed by atoms with Gasteiger partial charge in [-0.25, -0.2) is 4.98 Å². The van der Waals surface area contributed by atoms with Crippen LogP contribution in [0, 0.1) is 0 Å². The molecule has 0 fully saturated rings. The molecule has 18 heavy (non-hydrogen) atoms. The van der Waals surface area contributed by atoms with Gasteiger partial charge in [0.25, 0.3) is 0 Å². The van der Waals surface area contributed by atoms with Crippen LogP contribution >= 0.6 is 11.3 Å². The van der Waals surface area contributed by atoms with E-state index in [2.05, 4.69) is 9.17 Å². The minimum absolute atomic E-state index is 0.0994. The summed E-state index contributed by atoms with van der Waals surface area (Å²) in [5.41, 5.74) is -5.48. The van der Waals surface area contributed by atoms with E-state index in [4.69, 9.17) is 5.11 Å². The van der Waals surface area contributed by atoms with Gasteiger partial charge in [0.2, 0.25) is 5.88 Å². The third-order valence-electron chi connectivity index (χ3n) is 1.96. The van der Waals surface area contributed by atoms with Crippen LogP contribution in [0.5, 0.6) is 5.88 Å².